The normalized spacial score (nSPS) is 25.5. The van der Waals surface area contributed by atoms with Gasteiger partial charge in [0.05, 0.1) is 11.8 Å². The van der Waals surface area contributed by atoms with Gasteiger partial charge in [-0.25, -0.2) is 0 Å². The first-order chi connectivity index (χ1) is 13.2. The van der Waals surface area contributed by atoms with Crippen molar-refractivity contribution in [1.82, 2.24) is 25.3 Å². The van der Waals surface area contributed by atoms with Gasteiger partial charge in [0.1, 0.15) is 6.54 Å². The molecule has 1 aromatic rings. The van der Waals surface area contributed by atoms with Crippen LogP contribution in [0, 0.1) is 11.8 Å². The number of carbonyl (C=O) groups is 2. The molecule has 0 bridgehead atoms. The van der Waals surface area contributed by atoms with Crippen LogP contribution < -0.4 is 10.6 Å². The molecule has 3 fully saturated rings. The van der Waals surface area contributed by atoms with Gasteiger partial charge in [0, 0.05) is 25.3 Å². The highest BCUT2D eigenvalue weighted by Gasteiger charge is 2.32. The maximum atomic E-state index is 12.8. The minimum Gasteiger partial charge on any atom is -0.352 e. The van der Waals surface area contributed by atoms with Crippen LogP contribution >= 0.6 is 12.4 Å². The minimum atomic E-state index is -0.0147. The molecule has 0 unspecified atom stereocenters. The summed E-state index contributed by atoms with van der Waals surface area (Å²) in [4.78, 5) is 27.1. The van der Waals surface area contributed by atoms with Crippen molar-refractivity contribution in [2.45, 2.75) is 57.5 Å². The zero-order valence-electron chi connectivity index (χ0n) is 16.4. The summed E-state index contributed by atoms with van der Waals surface area (Å²) in [7, 11) is 0. The molecular weight excluding hydrogens is 378 g/mol. The zero-order valence-corrected chi connectivity index (χ0v) is 17.3. The molecule has 2 saturated heterocycles. The quantitative estimate of drug-likeness (QED) is 0.795. The highest BCUT2D eigenvalue weighted by atomic mass is 35.5. The van der Waals surface area contributed by atoms with Crippen molar-refractivity contribution in [3.05, 3.63) is 18.0 Å². The largest absolute Gasteiger partial charge is 0.352 e. The molecule has 8 heteroatoms. The van der Waals surface area contributed by atoms with Crippen LogP contribution in [0.3, 0.4) is 0 Å². The summed E-state index contributed by atoms with van der Waals surface area (Å²) in [5.41, 5.74) is 0.589. The lowest BCUT2D eigenvalue weighted by molar-refractivity contribution is -0.122. The molecule has 3 heterocycles. The Labute approximate surface area is 173 Å². The van der Waals surface area contributed by atoms with E-state index in [2.05, 4.69) is 15.7 Å². The Morgan fingerprint density at radius 3 is 2.43 bits per heavy atom. The molecule has 0 radical (unpaired) electrons. The Bertz CT molecular complexity index is 659. The molecule has 7 nitrogen and oxygen atoms in total. The van der Waals surface area contributed by atoms with Crippen LogP contribution in [0.1, 0.15) is 55.3 Å². The van der Waals surface area contributed by atoms with Crippen LogP contribution in [0.15, 0.2) is 12.4 Å². The van der Waals surface area contributed by atoms with Crippen molar-refractivity contribution in [2.24, 2.45) is 11.8 Å². The fraction of sp³-hybridized carbons (Fsp3) is 0.750. The second-order valence-electron chi connectivity index (χ2n) is 8.38. The summed E-state index contributed by atoms with van der Waals surface area (Å²) in [6.45, 7) is 3.98. The van der Waals surface area contributed by atoms with Crippen molar-refractivity contribution in [2.75, 3.05) is 26.2 Å². The Balaban J connectivity index is 0.00000225. The summed E-state index contributed by atoms with van der Waals surface area (Å²) in [6.07, 6.45) is 11.3. The lowest BCUT2D eigenvalue weighted by Gasteiger charge is -2.22. The lowest BCUT2D eigenvalue weighted by Crippen LogP contribution is -2.38. The van der Waals surface area contributed by atoms with E-state index in [1.807, 2.05) is 4.90 Å². The van der Waals surface area contributed by atoms with Crippen molar-refractivity contribution in [3.8, 4) is 0 Å². The van der Waals surface area contributed by atoms with Gasteiger partial charge in [-0.3, -0.25) is 14.3 Å². The van der Waals surface area contributed by atoms with Gasteiger partial charge >= 0.3 is 0 Å². The standard InChI is InChI=1S/C20H31N5O2.ClH/c26-19(23-18-4-2-1-3-5-18)14-25-13-17(12-22-25)20(27)24-8-6-15-10-21-11-16(15)7-9-24;/h12-13,15-16,18,21H,1-11,14H2,(H,23,26);1H/t15-,16+;. The number of carbonyl (C=O) groups excluding carboxylic acids is 2. The number of likely N-dealkylation sites (tertiary alicyclic amines) is 1. The van der Waals surface area contributed by atoms with Crippen molar-refractivity contribution in [3.63, 3.8) is 0 Å². The van der Waals surface area contributed by atoms with Gasteiger partial charge in [0.25, 0.3) is 5.91 Å². The third-order valence-corrected chi connectivity index (χ3v) is 6.46. The molecule has 0 aromatic carbocycles. The molecule has 156 valence electrons. The minimum absolute atomic E-state index is 0. The summed E-state index contributed by atoms with van der Waals surface area (Å²) in [5, 5.41) is 10.8. The Morgan fingerprint density at radius 1 is 1.07 bits per heavy atom. The number of hydrogen-bond acceptors (Lipinski definition) is 4. The molecule has 1 saturated carbocycles. The molecule has 2 aliphatic heterocycles. The SMILES string of the molecule is Cl.O=C(Cn1cc(C(=O)N2CC[C@@H]3CNC[C@@H]3CC2)cn1)NC1CCCCC1. The number of nitrogens with one attached hydrogen (secondary N) is 2. The number of hydrogen-bond donors (Lipinski definition) is 2. The summed E-state index contributed by atoms with van der Waals surface area (Å²) in [5.74, 6) is 1.43. The molecule has 4 rings (SSSR count). The first-order valence-electron chi connectivity index (χ1n) is 10.5. The maximum Gasteiger partial charge on any atom is 0.257 e. The summed E-state index contributed by atoms with van der Waals surface area (Å²) < 4.78 is 1.59. The number of halogens is 1. The highest BCUT2D eigenvalue weighted by Crippen LogP contribution is 2.27. The fourth-order valence-corrected chi connectivity index (χ4v) is 4.83. The van der Waals surface area contributed by atoms with Gasteiger partial charge in [-0.1, -0.05) is 19.3 Å². The van der Waals surface area contributed by atoms with Gasteiger partial charge in [-0.2, -0.15) is 5.10 Å². The Kier molecular flexibility index (Phi) is 7.35. The van der Waals surface area contributed by atoms with E-state index in [1.165, 1.54) is 19.3 Å². The average molecular weight is 410 g/mol. The highest BCUT2D eigenvalue weighted by molar-refractivity contribution is 5.93. The first-order valence-corrected chi connectivity index (χ1v) is 10.5. The van der Waals surface area contributed by atoms with Crippen molar-refractivity contribution >= 4 is 24.2 Å². The van der Waals surface area contributed by atoms with E-state index in [0.29, 0.717) is 23.4 Å². The number of fused-ring (bicyclic) bond motifs is 1. The van der Waals surface area contributed by atoms with E-state index in [0.717, 1.165) is 51.9 Å². The van der Waals surface area contributed by atoms with Crippen molar-refractivity contribution in [1.29, 1.82) is 0 Å². The fourth-order valence-electron chi connectivity index (χ4n) is 4.83. The molecule has 2 amide bonds. The molecule has 1 aromatic heterocycles. The van der Waals surface area contributed by atoms with Crippen LogP contribution in [0.4, 0.5) is 0 Å². The van der Waals surface area contributed by atoms with Crippen molar-refractivity contribution < 1.29 is 9.59 Å². The van der Waals surface area contributed by atoms with Gasteiger partial charge in [0.2, 0.25) is 5.91 Å². The third-order valence-electron chi connectivity index (χ3n) is 6.46. The molecular formula is C20H32ClN5O2. The first kappa shape index (κ1) is 21.1. The third kappa shape index (κ3) is 5.06. The predicted molar refractivity (Wildman–Crippen MR) is 109 cm³/mol. The average Bonchev–Trinajstić information content (AvgIpc) is 3.27. The van der Waals surface area contributed by atoms with Crippen LogP contribution in [0.25, 0.3) is 0 Å². The Morgan fingerprint density at radius 2 is 1.75 bits per heavy atom. The number of amides is 2. The maximum absolute atomic E-state index is 12.8. The van der Waals surface area contributed by atoms with E-state index in [4.69, 9.17) is 0 Å². The van der Waals surface area contributed by atoms with Gasteiger partial charge in [0.15, 0.2) is 0 Å². The van der Waals surface area contributed by atoms with Crippen LogP contribution in [-0.4, -0.2) is 58.7 Å². The summed E-state index contributed by atoms with van der Waals surface area (Å²) in [6, 6.07) is 0.300. The van der Waals surface area contributed by atoms with Gasteiger partial charge in [-0.05, 0) is 50.6 Å². The molecule has 1 aliphatic carbocycles. The molecule has 0 spiro atoms. The van der Waals surface area contributed by atoms with E-state index in [1.54, 1.807) is 17.1 Å². The molecule has 3 aliphatic rings. The van der Waals surface area contributed by atoms with Crippen LogP contribution in [-0.2, 0) is 11.3 Å². The molecule has 2 atom stereocenters. The molecule has 2 N–H and O–H groups in total. The van der Waals surface area contributed by atoms with Gasteiger partial charge in [-0.15, -0.1) is 12.4 Å². The number of rotatable bonds is 4. The van der Waals surface area contributed by atoms with E-state index in [9.17, 15) is 9.59 Å². The lowest BCUT2D eigenvalue weighted by atomic mass is 9.92. The second kappa shape index (κ2) is 9.74. The number of aromatic nitrogens is 2. The summed E-state index contributed by atoms with van der Waals surface area (Å²) >= 11 is 0. The number of nitrogens with zero attached hydrogens (tertiary/aromatic N) is 3. The zero-order chi connectivity index (χ0) is 18.6. The van der Waals surface area contributed by atoms with Crippen LogP contribution in [0.2, 0.25) is 0 Å². The Hall–Kier alpha value is -1.60. The topological polar surface area (TPSA) is 79.3 Å². The monoisotopic (exact) mass is 409 g/mol. The van der Waals surface area contributed by atoms with E-state index in [-0.39, 0.29) is 30.8 Å². The van der Waals surface area contributed by atoms with Gasteiger partial charge < -0.3 is 15.5 Å². The second-order valence-corrected chi connectivity index (χ2v) is 8.38. The molecule has 28 heavy (non-hydrogen) atoms. The van der Waals surface area contributed by atoms with E-state index < -0.39 is 0 Å². The smallest absolute Gasteiger partial charge is 0.257 e. The van der Waals surface area contributed by atoms with Crippen LogP contribution in [0.5, 0.6) is 0 Å². The predicted octanol–water partition coefficient (Wildman–Crippen LogP) is 1.83. The van der Waals surface area contributed by atoms with E-state index >= 15 is 0 Å².